The zero-order valence-corrected chi connectivity index (χ0v) is 28.0. The van der Waals surface area contributed by atoms with E-state index in [9.17, 15) is 9.90 Å². The van der Waals surface area contributed by atoms with Crippen LogP contribution in [0.4, 0.5) is 0 Å². The molecule has 6 heteroatoms. The molecule has 0 bridgehead atoms. The third kappa shape index (κ3) is 7.23. The standard InChI is InChI=1S/C36H67N3O3/c1-25(24-42-27(3)40)23-33(41)34(39(22-10-20-38)21-9-8-19-37)26(2)30-14-15-31-29-13-12-28-11-6-7-17-35(28,4)32(29)16-18-36(30,31)5/h25-26,28-34,41H,6-24,37-38H2,1-5H3/t25?,26-,28?,29-,30+,31-,32-,33?,34?,35-,36+/m0/s1. The fourth-order valence-corrected chi connectivity index (χ4v) is 11.4. The van der Waals surface area contributed by atoms with E-state index >= 15 is 0 Å². The molecular formula is C36H67N3O3. The second kappa shape index (κ2) is 15.1. The van der Waals surface area contributed by atoms with Crippen LogP contribution in [0.5, 0.6) is 0 Å². The predicted octanol–water partition coefficient (Wildman–Crippen LogP) is 6.38. The number of carbonyl (C=O) groups is 1. The molecule has 244 valence electrons. The van der Waals surface area contributed by atoms with Gasteiger partial charge in [0.05, 0.1) is 12.7 Å². The number of ether oxygens (including phenoxy) is 1. The molecule has 4 aliphatic rings. The summed E-state index contributed by atoms with van der Waals surface area (Å²) in [5.74, 6) is 4.50. The van der Waals surface area contributed by atoms with Crippen molar-refractivity contribution in [1.82, 2.24) is 4.90 Å². The number of hydrogen-bond donors (Lipinski definition) is 3. The van der Waals surface area contributed by atoms with Crippen molar-refractivity contribution >= 4 is 5.97 Å². The lowest BCUT2D eigenvalue weighted by Gasteiger charge is -2.61. The minimum absolute atomic E-state index is 0.0824. The highest BCUT2D eigenvalue weighted by molar-refractivity contribution is 5.65. The molecule has 42 heavy (non-hydrogen) atoms. The van der Waals surface area contributed by atoms with Crippen LogP contribution in [0.2, 0.25) is 0 Å². The van der Waals surface area contributed by atoms with Crippen LogP contribution in [0.3, 0.4) is 0 Å². The van der Waals surface area contributed by atoms with Gasteiger partial charge in [-0.1, -0.05) is 40.5 Å². The molecule has 11 atom stereocenters. The molecular weight excluding hydrogens is 522 g/mol. The van der Waals surface area contributed by atoms with Gasteiger partial charge in [-0.05, 0) is 155 Å². The number of carbonyl (C=O) groups excluding carboxylic acids is 1. The number of fused-ring (bicyclic) bond motifs is 5. The molecule has 4 unspecified atom stereocenters. The fourth-order valence-electron chi connectivity index (χ4n) is 11.4. The van der Waals surface area contributed by atoms with Crippen LogP contribution in [0, 0.1) is 52.3 Å². The van der Waals surface area contributed by atoms with Crippen molar-refractivity contribution < 1.29 is 14.6 Å². The first-order valence-corrected chi connectivity index (χ1v) is 18.0. The lowest BCUT2D eigenvalue weighted by molar-refractivity contribution is -0.142. The smallest absolute Gasteiger partial charge is 0.302 e. The van der Waals surface area contributed by atoms with E-state index in [0.29, 0.717) is 48.8 Å². The Morgan fingerprint density at radius 2 is 1.62 bits per heavy atom. The van der Waals surface area contributed by atoms with Gasteiger partial charge in [0.2, 0.25) is 0 Å². The van der Waals surface area contributed by atoms with Crippen molar-refractivity contribution in [2.75, 3.05) is 32.8 Å². The van der Waals surface area contributed by atoms with Crippen molar-refractivity contribution in [3.63, 3.8) is 0 Å². The predicted molar refractivity (Wildman–Crippen MR) is 173 cm³/mol. The Hall–Kier alpha value is -0.690. The second-order valence-corrected chi connectivity index (χ2v) is 15.9. The summed E-state index contributed by atoms with van der Waals surface area (Å²) in [5.41, 5.74) is 12.9. The van der Waals surface area contributed by atoms with Gasteiger partial charge in [-0.3, -0.25) is 9.69 Å². The fraction of sp³-hybridized carbons (Fsp3) is 0.972. The van der Waals surface area contributed by atoms with Crippen LogP contribution >= 0.6 is 0 Å². The van der Waals surface area contributed by atoms with Gasteiger partial charge in [-0.2, -0.15) is 0 Å². The van der Waals surface area contributed by atoms with Crippen molar-refractivity contribution in [2.45, 2.75) is 137 Å². The van der Waals surface area contributed by atoms with Gasteiger partial charge in [-0.25, -0.2) is 0 Å². The van der Waals surface area contributed by atoms with E-state index in [1.165, 1.54) is 71.1 Å². The summed E-state index contributed by atoms with van der Waals surface area (Å²) in [6.07, 6.45) is 17.4. The van der Waals surface area contributed by atoms with Crippen LogP contribution in [0.15, 0.2) is 0 Å². The molecule has 0 aromatic heterocycles. The second-order valence-electron chi connectivity index (χ2n) is 15.9. The van der Waals surface area contributed by atoms with Gasteiger partial charge in [0.25, 0.3) is 0 Å². The number of nitrogens with zero attached hydrogens (tertiary/aromatic N) is 1. The highest BCUT2D eigenvalue weighted by Crippen LogP contribution is 2.68. The third-order valence-corrected chi connectivity index (χ3v) is 13.4. The Kier molecular flexibility index (Phi) is 12.3. The Labute approximate surface area is 258 Å². The van der Waals surface area contributed by atoms with E-state index in [4.69, 9.17) is 16.2 Å². The highest BCUT2D eigenvalue weighted by Gasteiger charge is 2.61. The first kappa shape index (κ1) is 34.2. The van der Waals surface area contributed by atoms with Gasteiger partial charge in [-0.15, -0.1) is 0 Å². The van der Waals surface area contributed by atoms with Gasteiger partial charge in [0, 0.05) is 13.0 Å². The molecule has 0 heterocycles. The number of esters is 1. The van der Waals surface area contributed by atoms with Crippen molar-refractivity contribution in [3.05, 3.63) is 0 Å². The van der Waals surface area contributed by atoms with Crippen molar-refractivity contribution in [3.8, 4) is 0 Å². The third-order valence-electron chi connectivity index (χ3n) is 13.4. The molecule has 0 radical (unpaired) electrons. The SMILES string of the molecule is CC(=O)OCC(C)CC(O)C([C@@H](C)[C@H]1CC[C@H]2[C@@H]3CCC4CCCC[C@]4(C)[C@H]3CC[C@]12C)N(CCCN)CCCCN. The summed E-state index contributed by atoms with van der Waals surface area (Å²) in [6.45, 7) is 15.0. The lowest BCUT2D eigenvalue weighted by atomic mass is 9.44. The molecule has 0 spiro atoms. The molecule has 0 saturated heterocycles. The molecule has 4 rings (SSSR count). The van der Waals surface area contributed by atoms with Crippen LogP contribution in [-0.4, -0.2) is 60.9 Å². The number of unbranched alkanes of at least 4 members (excludes halogenated alkanes) is 1. The topological polar surface area (TPSA) is 102 Å². The van der Waals surface area contributed by atoms with Gasteiger partial charge in [0.1, 0.15) is 0 Å². The van der Waals surface area contributed by atoms with E-state index in [-0.39, 0.29) is 17.9 Å². The minimum Gasteiger partial charge on any atom is -0.466 e. The summed E-state index contributed by atoms with van der Waals surface area (Å²) in [4.78, 5) is 14.1. The largest absolute Gasteiger partial charge is 0.466 e. The molecule has 0 aromatic rings. The zero-order chi connectivity index (χ0) is 30.5. The van der Waals surface area contributed by atoms with Crippen LogP contribution in [0.1, 0.15) is 125 Å². The summed E-state index contributed by atoms with van der Waals surface area (Å²) in [6, 6.07) is 0.0824. The molecule has 4 saturated carbocycles. The molecule has 0 aliphatic heterocycles. The molecule has 4 aliphatic carbocycles. The van der Waals surface area contributed by atoms with E-state index in [1.54, 1.807) is 0 Å². The van der Waals surface area contributed by atoms with Gasteiger partial charge < -0.3 is 21.3 Å². The zero-order valence-electron chi connectivity index (χ0n) is 28.0. The monoisotopic (exact) mass is 590 g/mol. The van der Waals surface area contributed by atoms with Crippen LogP contribution < -0.4 is 11.5 Å². The first-order chi connectivity index (χ1) is 20.1. The maximum absolute atomic E-state index is 12.0. The average molecular weight is 590 g/mol. The number of rotatable bonds is 15. The number of nitrogens with two attached hydrogens (primary N) is 2. The van der Waals surface area contributed by atoms with Crippen molar-refractivity contribution in [2.24, 2.45) is 63.7 Å². The summed E-state index contributed by atoms with van der Waals surface area (Å²) < 4.78 is 5.34. The Morgan fingerprint density at radius 1 is 0.905 bits per heavy atom. The minimum atomic E-state index is -0.461. The van der Waals surface area contributed by atoms with E-state index in [0.717, 1.165) is 56.0 Å². The number of hydrogen-bond acceptors (Lipinski definition) is 6. The van der Waals surface area contributed by atoms with Gasteiger partial charge in [0.15, 0.2) is 0 Å². The molecule has 5 N–H and O–H groups in total. The molecule has 0 amide bonds. The molecule has 6 nitrogen and oxygen atoms in total. The lowest BCUT2D eigenvalue weighted by Crippen LogP contribution is -2.55. The average Bonchev–Trinajstić information content (AvgIpc) is 3.31. The first-order valence-electron chi connectivity index (χ1n) is 18.0. The van der Waals surface area contributed by atoms with Gasteiger partial charge >= 0.3 is 5.97 Å². The summed E-state index contributed by atoms with van der Waals surface area (Å²) >= 11 is 0. The summed E-state index contributed by atoms with van der Waals surface area (Å²) in [5, 5.41) is 12.0. The van der Waals surface area contributed by atoms with E-state index in [1.807, 2.05) is 0 Å². The molecule has 4 fully saturated rings. The quantitative estimate of drug-likeness (QED) is 0.151. The summed E-state index contributed by atoms with van der Waals surface area (Å²) in [7, 11) is 0. The van der Waals surface area contributed by atoms with Crippen LogP contribution in [0.25, 0.3) is 0 Å². The maximum atomic E-state index is 12.0. The Balaban J connectivity index is 1.56. The Bertz CT molecular complexity index is 855. The van der Waals surface area contributed by atoms with Crippen molar-refractivity contribution in [1.29, 1.82) is 0 Å². The number of aliphatic hydroxyl groups is 1. The molecule has 0 aromatic carbocycles. The normalized spacial score (nSPS) is 37.3. The van der Waals surface area contributed by atoms with E-state index < -0.39 is 6.10 Å². The highest BCUT2D eigenvalue weighted by atomic mass is 16.5. The van der Waals surface area contributed by atoms with E-state index in [2.05, 4.69) is 32.6 Å². The number of aliphatic hydroxyl groups excluding tert-OH is 1. The Morgan fingerprint density at radius 3 is 2.33 bits per heavy atom. The van der Waals surface area contributed by atoms with Crippen LogP contribution in [-0.2, 0) is 9.53 Å². The maximum Gasteiger partial charge on any atom is 0.302 e.